The Morgan fingerprint density at radius 2 is 2.05 bits per heavy atom. The molecule has 1 saturated heterocycles. The summed E-state index contributed by atoms with van der Waals surface area (Å²) in [4.78, 5) is 24.0. The molecule has 1 fully saturated rings. The van der Waals surface area contributed by atoms with Gasteiger partial charge in [0.1, 0.15) is 24.5 Å². The maximum absolute atomic E-state index is 13.1. The summed E-state index contributed by atoms with van der Waals surface area (Å²) in [7, 11) is 0. The Morgan fingerprint density at radius 3 is 2.58 bits per heavy atom. The average molecular weight is 277 g/mol. The van der Waals surface area contributed by atoms with Gasteiger partial charge in [-0.2, -0.15) is 4.39 Å². The van der Waals surface area contributed by atoms with E-state index in [9.17, 15) is 24.2 Å². The number of H-pyrrole nitrogens is 1. The van der Waals surface area contributed by atoms with Crippen molar-refractivity contribution in [2.24, 2.45) is 5.73 Å². The number of nitrogens with zero attached hydrogens (tertiary/aromatic N) is 1. The molecule has 0 spiro atoms. The van der Waals surface area contributed by atoms with Gasteiger partial charge in [0.2, 0.25) is 5.82 Å². The molecular formula is C9H12FN3O6. The summed E-state index contributed by atoms with van der Waals surface area (Å²) in [6.45, 7) is 0. The standard InChI is InChI=1S/C9H12FN3O6/c10-2-1-13(9(18)12-7(2)17)8-4(15)3(14)5(19-8)6(11)16/h1,3-6,8,14-16H,11H2,(H,12,17,18)/t3-,4+,5-,6?,8+/m0/s1. The third-order valence-electron chi connectivity index (χ3n) is 2.81. The van der Waals surface area contributed by atoms with Crippen LogP contribution in [0.3, 0.4) is 0 Å². The average Bonchev–Trinajstić information content (AvgIpc) is 2.62. The van der Waals surface area contributed by atoms with Gasteiger partial charge in [-0.05, 0) is 0 Å². The highest BCUT2D eigenvalue weighted by Crippen LogP contribution is 2.29. The van der Waals surface area contributed by atoms with Crippen molar-refractivity contribution in [3.05, 3.63) is 32.9 Å². The second-order valence-electron chi connectivity index (χ2n) is 4.11. The van der Waals surface area contributed by atoms with Crippen LogP contribution in [-0.4, -0.2) is 49.4 Å². The predicted molar refractivity (Wildman–Crippen MR) is 57.4 cm³/mol. The van der Waals surface area contributed by atoms with Gasteiger partial charge in [-0.15, -0.1) is 0 Å². The number of nitrogens with one attached hydrogen (secondary N) is 1. The minimum Gasteiger partial charge on any atom is -0.387 e. The first-order valence-electron chi connectivity index (χ1n) is 5.29. The number of aromatic amines is 1. The Bertz CT molecular complexity index is 584. The molecule has 1 aromatic rings. The SMILES string of the molecule is NC(O)[C@H]1O[C@@H](n2cc(F)c(=O)[nH]c2=O)[C@H](O)[C@@H]1O. The lowest BCUT2D eigenvalue weighted by molar-refractivity contribution is -0.0841. The fourth-order valence-electron chi connectivity index (χ4n) is 1.85. The van der Waals surface area contributed by atoms with Crippen molar-refractivity contribution in [2.45, 2.75) is 30.8 Å². The highest BCUT2D eigenvalue weighted by Gasteiger charge is 2.46. The smallest absolute Gasteiger partial charge is 0.330 e. The first-order valence-corrected chi connectivity index (χ1v) is 5.29. The number of hydrogen-bond acceptors (Lipinski definition) is 7. The molecule has 1 aromatic heterocycles. The molecular weight excluding hydrogens is 265 g/mol. The van der Waals surface area contributed by atoms with Crippen LogP contribution in [0, 0.1) is 5.82 Å². The van der Waals surface area contributed by atoms with E-state index < -0.39 is 47.8 Å². The molecule has 5 atom stereocenters. The van der Waals surface area contributed by atoms with Crippen LogP contribution in [0.2, 0.25) is 0 Å². The molecule has 0 bridgehead atoms. The Labute approximate surface area is 104 Å². The normalized spacial score (nSPS) is 32.5. The first kappa shape index (κ1) is 13.8. The largest absolute Gasteiger partial charge is 0.387 e. The van der Waals surface area contributed by atoms with Crippen LogP contribution in [0.1, 0.15) is 6.23 Å². The van der Waals surface area contributed by atoms with Gasteiger partial charge < -0.3 is 25.8 Å². The summed E-state index contributed by atoms with van der Waals surface area (Å²) in [5, 5.41) is 28.4. The Balaban J connectivity index is 2.41. The van der Waals surface area contributed by atoms with Crippen LogP contribution in [0.25, 0.3) is 0 Å². The van der Waals surface area contributed by atoms with Crippen LogP contribution >= 0.6 is 0 Å². The summed E-state index contributed by atoms with van der Waals surface area (Å²) in [5.74, 6) is -1.26. The van der Waals surface area contributed by atoms with Crippen molar-refractivity contribution in [1.82, 2.24) is 9.55 Å². The molecule has 6 N–H and O–H groups in total. The van der Waals surface area contributed by atoms with Crippen molar-refractivity contribution in [2.75, 3.05) is 0 Å². The zero-order valence-electron chi connectivity index (χ0n) is 9.43. The third kappa shape index (κ3) is 2.31. The number of nitrogens with two attached hydrogens (primary N) is 1. The van der Waals surface area contributed by atoms with Gasteiger partial charge in [-0.3, -0.25) is 14.3 Å². The minimum atomic E-state index is -1.62. The van der Waals surface area contributed by atoms with Crippen molar-refractivity contribution in [3.63, 3.8) is 0 Å². The Kier molecular flexibility index (Phi) is 3.52. The highest BCUT2D eigenvalue weighted by atomic mass is 19.1. The number of aliphatic hydroxyl groups excluding tert-OH is 3. The molecule has 0 amide bonds. The fourth-order valence-corrected chi connectivity index (χ4v) is 1.85. The second-order valence-corrected chi connectivity index (χ2v) is 4.11. The number of ether oxygens (including phenoxy) is 1. The van der Waals surface area contributed by atoms with Gasteiger partial charge in [0.05, 0.1) is 6.20 Å². The van der Waals surface area contributed by atoms with Gasteiger partial charge in [0.25, 0.3) is 5.56 Å². The van der Waals surface area contributed by atoms with Gasteiger partial charge >= 0.3 is 5.69 Å². The summed E-state index contributed by atoms with van der Waals surface area (Å²) < 4.78 is 18.7. The zero-order chi connectivity index (χ0) is 14.3. The van der Waals surface area contributed by atoms with Gasteiger partial charge in [-0.25, -0.2) is 4.79 Å². The van der Waals surface area contributed by atoms with Crippen LogP contribution in [0.15, 0.2) is 15.8 Å². The topological polar surface area (TPSA) is 151 Å². The van der Waals surface area contributed by atoms with E-state index in [1.807, 2.05) is 0 Å². The zero-order valence-corrected chi connectivity index (χ0v) is 9.43. The maximum Gasteiger partial charge on any atom is 0.330 e. The van der Waals surface area contributed by atoms with Gasteiger partial charge in [0.15, 0.2) is 6.23 Å². The Hall–Kier alpha value is -1.59. The molecule has 1 aliphatic rings. The fraction of sp³-hybridized carbons (Fsp3) is 0.556. The molecule has 10 heteroatoms. The van der Waals surface area contributed by atoms with Gasteiger partial charge in [-0.1, -0.05) is 0 Å². The van der Waals surface area contributed by atoms with E-state index >= 15 is 0 Å². The molecule has 0 radical (unpaired) electrons. The summed E-state index contributed by atoms with van der Waals surface area (Å²) in [6, 6.07) is 0. The summed E-state index contributed by atoms with van der Waals surface area (Å²) in [5.41, 5.74) is 2.87. The lowest BCUT2D eigenvalue weighted by Gasteiger charge is -2.17. The highest BCUT2D eigenvalue weighted by molar-refractivity contribution is 4.95. The van der Waals surface area contributed by atoms with E-state index in [-0.39, 0.29) is 0 Å². The van der Waals surface area contributed by atoms with E-state index in [4.69, 9.17) is 15.6 Å². The Morgan fingerprint density at radius 1 is 1.42 bits per heavy atom. The summed E-state index contributed by atoms with van der Waals surface area (Å²) >= 11 is 0. The molecule has 0 aromatic carbocycles. The molecule has 1 unspecified atom stereocenters. The van der Waals surface area contributed by atoms with E-state index in [0.29, 0.717) is 10.8 Å². The predicted octanol–water partition coefficient (Wildman–Crippen LogP) is -3.43. The lowest BCUT2D eigenvalue weighted by Crippen LogP contribution is -2.43. The maximum atomic E-state index is 13.1. The van der Waals surface area contributed by atoms with Crippen molar-refractivity contribution >= 4 is 0 Å². The monoisotopic (exact) mass is 277 g/mol. The molecule has 9 nitrogen and oxygen atoms in total. The molecule has 2 rings (SSSR count). The number of hydrogen-bond donors (Lipinski definition) is 5. The molecule has 2 heterocycles. The van der Waals surface area contributed by atoms with Crippen molar-refractivity contribution in [1.29, 1.82) is 0 Å². The number of aromatic nitrogens is 2. The number of halogens is 1. The van der Waals surface area contributed by atoms with E-state index in [0.717, 1.165) is 0 Å². The number of aliphatic hydroxyl groups is 3. The summed E-state index contributed by atoms with van der Waals surface area (Å²) in [6.07, 6.45) is -7.07. The molecule has 1 aliphatic heterocycles. The quantitative estimate of drug-likeness (QED) is 0.353. The minimum absolute atomic E-state index is 0.535. The van der Waals surface area contributed by atoms with E-state index in [1.165, 1.54) is 0 Å². The molecule has 0 aliphatic carbocycles. The molecule has 106 valence electrons. The third-order valence-corrected chi connectivity index (χ3v) is 2.81. The lowest BCUT2D eigenvalue weighted by atomic mass is 10.1. The molecule has 0 saturated carbocycles. The van der Waals surface area contributed by atoms with E-state index in [2.05, 4.69) is 0 Å². The van der Waals surface area contributed by atoms with Crippen LogP contribution in [0.5, 0.6) is 0 Å². The molecule has 19 heavy (non-hydrogen) atoms. The van der Waals surface area contributed by atoms with Crippen LogP contribution < -0.4 is 17.0 Å². The first-order chi connectivity index (χ1) is 8.82. The second kappa shape index (κ2) is 4.83. The van der Waals surface area contributed by atoms with Crippen LogP contribution in [-0.2, 0) is 4.74 Å². The van der Waals surface area contributed by atoms with Crippen molar-refractivity contribution in [3.8, 4) is 0 Å². The van der Waals surface area contributed by atoms with Crippen LogP contribution in [0.4, 0.5) is 4.39 Å². The number of rotatable bonds is 2. The van der Waals surface area contributed by atoms with Gasteiger partial charge in [0, 0.05) is 0 Å². The van der Waals surface area contributed by atoms with E-state index in [1.54, 1.807) is 4.98 Å². The van der Waals surface area contributed by atoms with Crippen molar-refractivity contribution < 1.29 is 24.4 Å².